The lowest BCUT2D eigenvalue weighted by Gasteiger charge is -2.05. The second kappa shape index (κ2) is 5.07. The topological polar surface area (TPSA) is 41.6 Å². The highest BCUT2D eigenvalue weighted by Crippen LogP contribution is 2.36. The first-order valence-corrected chi connectivity index (χ1v) is 6.96. The van der Waals surface area contributed by atoms with Gasteiger partial charge in [0.25, 0.3) is 0 Å². The van der Waals surface area contributed by atoms with Crippen molar-refractivity contribution in [3.63, 3.8) is 0 Å². The molecule has 1 aromatic carbocycles. The fourth-order valence-corrected chi connectivity index (χ4v) is 2.65. The summed E-state index contributed by atoms with van der Waals surface area (Å²) >= 11 is 0. The maximum atomic E-state index is 13.2. The molecular weight excluding hydrogens is 277 g/mol. The number of benzene rings is 1. The van der Waals surface area contributed by atoms with Crippen molar-refractivity contribution in [1.29, 1.82) is 0 Å². The largest absolute Gasteiger partial charge is 0.353 e. The molecule has 4 aromatic rings. The minimum Gasteiger partial charge on any atom is -0.353 e. The Hall–Kier alpha value is -3.01. The Labute approximate surface area is 128 Å². The molecule has 1 N–H and O–H groups in total. The second-order valence-corrected chi connectivity index (χ2v) is 5.02. The number of fused-ring (bicyclic) bond motifs is 1. The summed E-state index contributed by atoms with van der Waals surface area (Å²) in [5.74, 6) is -0.248. The molecule has 3 heterocycles. The fourth-order valence-electron chi connectivity index (χ4n) is 2.65. The van der Waals surface area contributed by atoms with Crippen LogP contribution in [0.25, 0.3) is 33.4 Å². The predicted molar refractivity (Wildman–Crippen MR) is 86.8 cm³/mol. The molecule has 0 aliphatic heterocycles. The molecule has 3 aromatic heterocycles. The molecule has 0 fully saturated rings. The first-order chi connectivity index (χ1) is 10.8. The van der Waals surface area contributed by atoms with Crippen LogP contribution < -0.4 is 0 Å². The van der Waals surface area contributed by atoms with Gasteiger partial charge in [0.2, 0.25) is 0 Å². The van der Waals surface area contributed by atoms with Gasteiger partial charge in [-0.3, -0.25) is 9.97 Å². The SMILES string of the molecule is Fc1ccc(-c2c(-c3ccncc3)[nH]c3cccnc23)cc1.[HH]. The number of halogens is 1. The highest BCUT2D eigenvalue weighted by atomic mass is 19.1. The van der Waals surface area contributed by atoms with Crippen LogP contribution in [0.4, 0.5) is 4.39 Å². The average molecular weight is 291 g/mol. The third-order valence-corrected chi connectivity index (χ3v) is 3.66. The van der Waals surface area contributed by atoms with Crippen LogP contribution in [0.5, 0.6) is 0 Å². The molecule has 4 heteroatoms. The summed E-state index contributed by atoms with van der Waals surface area (Å²) in [7, 11) is 0. The lowest BCUT2D eigenvalue weighted by Crippen LogP contribution is -1.84. The summed E-state index contributed by atoms with van der Waals surface area (Å²) in [4.78, 5) is 12.0. The van der Waals surface area contributed by atoms with Crippen molar-refractivity contribution in [1.82, 2.24) is 15.0 Å². The highest BCUT2D eigenvalue weighted by Gasteiger charge is 2.15. The highest BCUT2D eigenvalue weighted by molar-refractivity contribution is 6.01. The molecule has 0 aliphatic rings. The molecule has 0 saturated heterocycles. The number of pyridine rings is 2. The predicted octanol–water partition coefficient (Wildman–Crippen LogP) is 4.68. The minimum absolute atomic E-state index is 0. The van der Waals surface area contributed by atoms with E-state index in [4.69, 9.17) is 0 Å². The normalized spacial score (nSPS) is 11.0. The first kappa shape index (κ1) is 12.7. The van der Waals surface area contributed by atoms with E-state index in [-0.39, 0.29) is 7.24 Å². The summed E-state index contributed by atoms with van der Waals surface area (Å²) in [5.41, 5.74) is 5.71. The fraction of sp³-hybridized carbons (Fsp3) is 0. The molecule has 3 nitrogen and oxygen atoms in total. The quantitative estimate of drug-likeness (QED) is 0.582. The van der Waals surface area contributed by atoms with Crippen molar-refractivity contribution >= 4 is 11.0 Å². The van der Waals surface area contributed by atoms with Gasteiger partial charge in [0.15, 0.2) is 0 Å². The van der Waals surface area contributed by atoms with Crippen LogP contribution in [-0.4, -0.2) is 15.0 Å². The Bertz CT molecular complexity index is 934. The first-order valence-electron chi connectivity index (χ1n) is 6.96. The van der Waals surface area contributed by atoms with Crippen molar-refractivity contribution in [2.75, 3.05) is 0 Å². The smallest absolute Gasteiger partial charge is 0.123 e. The lowest BCUT2D eigenvalue weighted by atomic mass is 10.0. The van der Waals surface area contributed by atoms with Crippen molar-refractivity contribution in [3.05, 3.63) is 72.9 Å². The van der Waals surface area contributed by atoms with Gasteiger partial charge in [0.1, 0.15) is 5.82 Å². The van der Waals surface area contributed by atoms with Crippen molar-refractivity contribution in [2.24, 2.45) is 0 Å². The van der Waals surface area contributed by atoms with Crippen LogP contribution in [0.3, 0.4) is 0 Å². The van der Waals surface area contributed by atoms with E-state index in [0.717, 1.165) is 33.4 Å². The van der Waals surface area contributed by atoms with Gasteiger partial charge >= 0.3 is 0 Å². The Morgan fingerprint density at radius 2 is 1.64 bits per heavy atom. The van der Waals surface area contributed by atoms with E-state index in [1.165, 1.54) is 12.1 Å². The summed E-state index contributed by atoms with van der Waals surface area (Å²) in [6.45, 7) is 0. The van der Waals surface area contributed by atoms with Crippen LogP contribution in [0, 0.1) is 5.82 Å². The maximum Gasteiger partial charge on any atom is 0.123 e. The molecule has 0 aliphatic carbocycles. The minimum atomic E-state index is -0.248. The molecule has 0 unspecified atom stereocenters. The zero-order valence-electron chi connectivity index (χ0n) is 11.6. The van der Waals surface area contributed by atoms with E-state index in [1.807, 2.05) is 24.3 Å². The molecular formula is C18H14FN3. The molecule has 0 amide bonds. The average Bonchev–Trinajstić information content (AvgIpc) is 2.96. The monoisotopic (exact) mass is 291 g/mol. The lowest BCUT2D eigenvalue weighted by molar-refractivity contribution is 0.628. The number of aromatic amines is 1. The molecule has 0 bridgehead atoms. The van der Waals surface area contributed by atoms with Gasteiger partial charge in [-0.25, -0.2) is 4.39 Å². The molecule has 0 saturated carbocycles. The summed E-state index contributed by atoms with van der Waals surface area (Å²) in [6, 6.07) is 14.2. The number of hydrogen-bond donors (Lipinski definition) is 1. The third kappa shape index (κ3) is 2.05. The van der Waals surface area contributed by atoms with Crippen LogP contribution >= 0.6 is 0 Å². The van der Waals surface area contributed by atoms with E-state index in [2.05, 4.69) is 15.0 Å². The van der Waals surface area contributed by atoms with E-state index >= 15 is 0 Å². The number of rotatable bonds is 2. The van der Waals surface area contributed by atoms with Gasteiger partial charge < -0.3 is 4.98 Å². The van der Waals surface area contributed by atoms with E-state index < -0.39 is 0 Å². The standard InChI is InChI=1S/C18H12FN3.H2/c19-14-5-3-12(4-6-14)16-17(13-7-10-20-11-8-13)22-15-2-1-9-21-18(15)16;/h1-11,22H;1H. The Kier molecular flexibility index (Phi) is 2.93. The van der Waals surface area contributed by atoms with Crippen LogP contribution in [0.15, 0.2) is 67.1 Å². The van der Waals surface area contributed by atoms with Gasteiger partial charge in [-0.15, -0.1) is 0 Å². The van der Waals surface area contributed by atoms with Crippen LogP contribution in [0.2, 0.25) is 0 Å². The summed E-state index contributed by atoms with van der Waals surface area (Å²) in [6.07, 6.45) is 5.27. The number of hydrogen-bond acceptors (Lipinski definition) is 2. The van der Waals surface area contributed by atoms with E-state index in [0.29, 0.717) is 0 Å². The van der Waals surface area contributed by atoms with Crippen LogP contribution in [0.1, 0.15) is 1.43 Å². The van der Waals surface area contributed by atoms with Crippen LogP contribution in [-0.2, 0) is 0 Å². The summed E-state index contributed by atoms with van der Waals surface area (Å²) < 4.78 is 13.2. The van der Waals surface area contributed by atoms with E-state index in [1.54, 1.807) is 30.7 Å². The van der Waals surface area contributed by atoms with Gasteiger partial charge in [0, 0.05) is 31.1 Å². The van der Waals surface area contributed by atoms with Crippen molar-refractivity contribution in [2.45, 2.75) is 0 Å². The zero-order valence-corrected chi connectivity index (χ0v) is 11.6. The van der Waals surface area contributed by atoms with Crippen molar-refractivity contribution < 1.29 is 5.82 Å². The summed E-state index contributed by atoms with van der Waals surface area (Å²) in [5, 5.41) is 0. The zero-order chi connectivity index (χ0) is 14.9. The Morgan fingerprint density at radius 3 is 2.41 bits per heavy atom. The number of H-pyrrole nitrogens is 1. The van der Waals surface area contributed by atoms with Gasteiger partial charge in [-0.2, -0.15) is 0 Å². The molecule has 0 spiro atoms. The molecule has 4 rings (SSSR count). The van der Waals surface area contributed by atoms with Gasteiger partial charge in [-0.1, -0.05) is 12.1 Å². The third-order valence-electron chi connectivity index (χ3n) is 3.66. The molecule has 108 valence electrons. The molecule has 0 atom stereocenters. The Balaban J connectivity index is 0.00000156. The number of nitrogens with zero attached hydrogens (tertiary/aromatic N) is 2. The van der Waals surface area contributed by atoms with Gasteiger partial charge in [-0.05, 0) is 42.0 Å². The maximum absolute atomic E-state index is 13.2. The number of nitrogens with one attached hydrogen (secondary N) is 1. The second-order valence-electron chi connectivity index (χ2n) is 5.02. The molecule has 0 radical (unpaired) electrons. The van der Waals surface area contributed by atoms with Gasteiger partial charge in [0.05, 0.1) is 16.7 Å². The van der Waals surface area contributed by atoms with E-state index in [9.17, 15) is 4.39 Å². The van der Waals surface area contributed by atoms with Crippen molar-refractivity contribution in [3.8, 4) is 22.4 Å². The number of aromatic nitrogens is 3. The Morgan fingerprint density at radius 1 is 0.864 bits per heavy atom. The molecule has 22 heavy (non-hydrogen) atoms.